The molecule has 2 aromatic heterocycles. The molecule has 0 aliphatic carbocycles. The number of carbonyl (C=O) groups is 1. The molecule has 0 bridgehead atoms. The number of piperidine rings is 1. The minimum absolute atomic E-state index is 0.0595. The standard InChI is InChI=1S/C23H30N4O2S2/c1-17-8-14-30-21(17)20(22-18(2)9-15-31-22)7-4-12-27-11-3-6-19(16-27)23(28)29-13-5-10-25-26-24/h7-9,14-15,19H,3-6,10-13,16H2,1-2H3/t19-/m1/s1. The molecule has 3 heterocycles. The fraction of sp³-hybridized carbons (Fsp3) is 0.522. The third-order valence-corrected chi connectivity index (χ3v) is 7.66. The third-order valence-electron chi connectivity index (χ3n) is 5.56. The Morgan fingerprint density at radius 3 is 2.61 bits per heavy atom. The molecule has 0 unspecified atom stereocenters. The van der Waals surface area contributed by atoms with Crippen molar-refractivity contribution in [2.75, 3.05) is 32.8 Å². The molecule has 3 rings (SSSR count). The molecule has 0 spiro atoms. The fourth-order valence-corrected chi connectivity index (χ4v) is 5.91. The van der Waals surface area contributed by atoms with Crippen molar-refractivity contribution < 1.29 is 9.53 Å². The molecule has 166 valence electrons. The summed E-state index contributed by atoms with van der Waals surface area (Å²) in [5.74, 6) is -0.180. The van der Waals surface area contributed by atoms with Gasteiger partial charge in [0.15, 0.2) is 0 Å². The molecule has 6 nitrogen and oxygen atoms in total. The van der Waals surface area contributed by atoms with E-state index in [0.29, 0.717) is 19.6 Å². The molecule has 0 aromatic carbocycles. The molecule has 0 radical (unpaired) electrons. The van der Waals surface area contributed by atoms with Gasteiger partial charge < -0.3 is 9.64 Å². The second-order valence-electron chi connectivity index (χ2n) is 7.89. The van der Waals surface area contributed by atoms with Gasteiger partial charge in [-0.25, -0.2) is 0 Å². The summed E-state index contributed by atoms with van der Waals surface area (Å²) in [6.45, 7) is 7.77. The van der Waals surface area contributed by atoms with Crippen molar-refractivity contribution in [3.63, 3.8) is 0 Å². The second kappa shape index (κ2) is 12.1. The third kappa shape index (κ3) is 6.68. The van der Waals surface area contributed by atoms with Gasteiger partial charge in [0.25, 0.3) is 0 Å². The lowest BCUT2D eigenvalue weighted by Crippen LogP contribution is -2.39. The number of esters is 1. The monoisotopic (exact) mass is 458 g/mol. The lowest BCUT2D eigenvalue weighted by Gasteiger charge is -2.31. The minimum atomic E-state index is -0.120. The van der Waals surface area contributed by atoms with Crippen LogP contribution in [0.25, 0.3) is 16.0 Å². The number of rotatable bonds is 10. The van der Waals surface area contributed by atoms with Gasteiger partial charge in [-0.1, -0.05) is 11.2 Å². The highest BCUT2D eigenvalue weighted by atomic mass is 32.1. The topological polar surface area (TPSA) is 78.3 Å². The molecule has 1 aliphatic rings. The lowest BCUT2D eigenvalue weighted by molar-refractivity contribution is -0.150. The van der Waals surface area contributed by atoms with Crippen LogP contribution < -0.4 is 0 Å². The molecule has 31 heavy (non-hydrogen) atoms. The van der Waals surface area contributed by atoms with Crippen LogP contribution in [-0.2, 0) is 9.53 Å². The Morgan fingerprint density at radius 1 is 1.29 bits per heavy atom. The highest BCUT2D eigenvalue weighted by Gasteiger charge is 2.26. The van der Waals surface area contributed by atoms with Crippen LogP contribution in [0, 0.1) is 19.8 Å². The summed E-state index contributed by atoms with van der Waals surface area (Å²) in [5, 5.41) is 7.79. The van der Waals surface area contributed by atoms with Crippen LogP contribution in [0.15, 0.2) is 34.1 Å². The van der Waals surface area contributed by atoms with E-state index >= 15 is 0 Å². The Kier molecular flexibility index (Phi) is 9.15. The second-order valence-corrected chi connectivity index (χ2v) is 9.72. The summed E-state index contributed by atoms with van der Waals surface area (Å²) in [6, 6.07) is 4.37. The van der Waals surface area contributed by atoms with E-state index in [-0.39, 0.29) is 11.9 Å². The van der Waals surface area contributed by atoms with E-state index in [1.165, 1.54) is 26.5 Å². The van der Waals surface area contributed by atoms with Crippen molar-refractivity contribution in [3.05, 3.63) is 60.3 Å². The van der Waals surface area contributed by atoms with Gasteiger partial charge in [0.2, 0.25) is 0 Å². The molecular weight excluding hydrogens is 428 g/mol. The Morgan fingerprint density at radius 2 is 2.00 bits per heavy atom. The normalized spacial score (nSPS) is 16.5. The zero-order valence-corrected chi connectivity index (χ0v) is 19.9. The molecule has 2 aromatic rings. The Labute approximate surface area is 192 Å². The van der Waals surface area contributed by atoms with E-state index in [1.54, 1.807) is 22.7 Å². The zero-order chi connectivity index (χ0) is 22.1. The highest BCUT2D eigenvalue weighted by molar-refractivity contribution is 7.14. The van der Waals surface area contributed by atoms with Gasteiger partial charge in [0, 0.05) is 39.9 Å². The van der Waals surface area contributed by atoms with Crippen molar-refractivity contribution in [1.82, 2.24) is 4.90 Å². The zero-order valence-electron chi connectivity index (χ0n) is 18.2. The molecule has 1 atom stereocenters. The van der Waals surface area contributed by atoms with Gasteiger partial charge in [-0.05, 0) is 85.6 Å². The van der Waals surface area contributed by atoms with E-state index in [4.69, 9.17) is 10.3 Å². The summed E-state index contributed by atoms with van der Waals surface area (Å²) >= 11 is 3.61. The van der Waals surface area contributed by atoms with E-state index < -0.39 is 0 Å². The summed E-state index contributed by atoms with van der Waals surface area (Å²) < 4.78 is 5.39. The fourth-order valence-electron chi connectivity index (χ4n) is 3.90. The molecule has 8 heteroatoms. The van der Waals surface area contributed by atoms with Crippen molar-refractivity contribution in [1.29, 1.82) is 0 Å². The van der Waals surface area contributed by atoms with Crippen molar-refractivity contribution in [2.24, 2.45) is 11.0 Å². The Balaban J connectivity index is 1.56. The number of carbonyl (C=O) groups excluding carboxylic acids is 1. The van der Waals surface area contributed by atoms with Crippen LogP contribution in [-0.4, -0.2) is 43.7 Å². The number of hydrogen-bond donors (Lipinski definition) is 0. The summed E-state index contributed by atoms with van der Waals surface area (Å²) in [4.78, 5) is 20.2. The van der Waals surface area contributed by atoms with E-state index in [9.17, 15) is 4.79 Å². The number of aryl methyl sites for hydroxylation is 2. The van der Waals surface area contributed by atoms with E-state index in [2.05, 4.69) is 57.7 Å². The largest absolute Gasteiger partial charge is 0.465 e. The number of hydrogen-bond acceptors (Lipinski definition) is 6. The number of azide groups is 1. The van der Waals surface area contributed by atoms with Gasteiger partial charge in [0.05, 0.1) is 12.5 Å². The molecule has 0 saturated carbocycles. The van der Waals surface area contributed by atoms with Crippen LogP contribution in [0.1, 0.15) is 46.6 Å². The van der Waals surface area contributed by atoms with Crippen molar-refractivity contribution >= 4 is 34.2 Å². The van der Waals surface area contributed by atoms with Gasteiger partial charge in [0.1, 0.15) is 0 Å². The summed E-state index contributed by atoms with van der Waals surface area (Å²) in [7, 11) is 0. The molecule has 1 saturated heterocycles. The van der Waals surface area contributed by atoms with Crippen LogP contribution >= 0.6 is 22.7 Å². The van der Waals surface area contributed by atoms with Crippen LogP contribution in [0.3, 0.4) is 0 Å². The maximum atomic E-state index is 12.4. The Hall–Kier alpha value is -2.12. The van der Waals surface area contributed by atoms with Gasteiger partial charge >= 0.3 is 5.97 Å². The van der Waals surface area contributed by atoms with Gasteiger partial charge in [-0.15, -0.1) is 22.7 Å². The van der Waals surface area contributed by atoms with Crippen LogP contribution in [0.5, 0.6) is 0 Å². The van der Waals surface area contributed by atoms with Crippen molar-refractivity contribution in [2.45, 2.75) is 39.5 Å². The maximum Gasteiger partial charge on any atom is 0.310 e. The van der Waals surface area contributed by atoms with Gasteiger partial charge in [-0.2, -0.15) is 0 Å². The lowest BCUT2D eigenvalue weighted by atomic mass is 9.98. The summed E-state index contributed by atoms with van der Waals surface area (Å²) in [5.41, 5.74) is 12.3. The van der Waals surface area contributed by atoms with E-state index in [1.807, 2.05) is 0 Å². The van der Waals surface area contributed by atoms with Gasteiger partial charge in [-0.3, -0.25) is 4.79 Å². The first-order valence-corrected chi connectivity index (χ1v) is 12.5. The number of ether oxygens (including phenoxy) is 1. The molecule has 1 fully saturated rings. The van der Waals surface area contributed by atoms with Crippen molar-refractivity contribution in [3.8, 4) is 0 Å². The highest BCUT2D eigenvalue weighted by Crippen LogP contribution is 2.35. The first-order valence-electron chi connectivity index (χ1n) is 10.8. The SMILES string of the molecule is Cc1ccsc1C(=CCCN1CCC[C@@H](C(=O)OCCCN=[N+]=[N-])C1)c1sccc1C. The van der Waals surface area contributed by atoms with Crippen LogP contribution in [0.2, 0.25) is 0 Å². The summed E-state index contributed by atoms with van der Waals surface area (Å²) in [6.07, 6.45) is 5.80. The maximum absolute atomic E-state index is 12.4. The predicted molar refractivity (Wildman–Crippen MR) is 129 cm³/mol. The predicted octanol–water partition coefficient (Wildman–Crippen LogP) is 6.20. The molecular formula is C23H30N4O2S2. The average molecular weight is 459 g/mol. The molecule has 0 amide bonds. The number of likely N-dealkylation sites (tertiary alicyclic amines) is 1. The quantitative estimate of drug-likeness (QED) is 0.140. The number of thiophene rings is 2. The minimum Gasteiger partial charge on any atom is -0.465 e. The first-order chi connectivity index (χ1) is 15.1. The average Bonchev–Trinajstić information content (AvgIpc) is 3.39. The first kappa shape index (κ1) is 23.5. The van der Waals surface area contributed by atoms with E-state index in [0.717, 1.165) is 38.9 Å². The van der Waals surface area contributed by atoms with Crippen LogP contribution in [0.4, 0.5) is 0 Å². The Bertz CT molecular complexity index is 901. The molecule has 0 N–H and O–H groups in total. The number of nitrogens with zero attached hydrogens (tertiary/aromatic N) is 4. The molecule has 1 aliphatic heterocycles. The smallest absolute Gasteiger partial charge is 0.310 e.